The van der Waals surface area contributed by atoms with Gasteiger partial charge in [0.2, 0.25) is 5.91 Å². The lowest BCUT2D eigenvalue weighted by Gasteiger charge is -2.09. The highest BCUT2D eigenvalue weighted by molar-refractivity contribution is 7.91. The first-order chi connectivity index (χ1) is 8.03. The van der Waals surface area contributed by atoms with Crippen molar-refractivity contribution in [2.45, 2.75) is 38.6 Å². The molecule has 18 heavy (non-hydrogen) atoms. The maximum Gasteiger partial charge on any atom is 0.220 e. The van der Waals surface area contributed by atoms with Crippen LogP contribution in [0.15, 0.2) is 0 Å². The van der Waals surface area contributed by atoms with Gasteiger partial charge in [0.25, 0.3) is 0 Å². The molecule has 0 bridgehead atoms. The van der Waals surface area contributed by atoms with Crippen LogP contribution in [-0.2, 0) is 14.6 Å². The molecule has 0 aromatic rings. The Bertz CT molecular complexity index is 340. The van der Waals surface area contributed by atoms with Crippen LogP contribution in [0.2, 0.25) is 0 Å². The minimum absolute atomic E-state index is 0. The van der Waals surface area contributed by atoms with Crippen molar-refractivity contribution in [2.75, 3.05) is 24.6 Å². The first-order valence-electron chi connectivity index (χ1n) is 6.24. The van der Waals surface area contributed by atoms with E-state index in [1.54, 1.807) is 6.92 Å². The topological polar surface area (TPSA) is 75.3 Å². The maximum absolute atomic E-state index is 11.4. The number of sulfone groups is 1. The molecule has 7 heteroatoms. The van der Waals surface area contributed by atoms with Gasteiger partial charge in [-0.25, -0.2) is 8.42 Å². The van der Waals surface area contributed by atoms with E-state index in [4.69, 9.17) is 0 Å². The third-order valence-electron chi connectivity index (χ3n) is 3.06. The summed E-state index contributed by atoms with van der Waals surface area (Å²) < 4.78 is 22.4. The second kappa shape index (κ2) is 8.72. The summed E-state index contributed by atoms with van der Waals surface area (Å²) in [5.74, 6) is 0.121. The minimum atomic E-state index is -2.97. The van der Waals surface area contributed by atoms with Crippen molar-refractivity contribution in [3.05, 3.63) is 0 Å². The molecule has 108 valence electrons. The summed E-state index contributed by atoms with van der Waals surface area (Å²) in [4.78, 5) is 11.4. The Labute approximate surface area is 115 Å². The van der Waals surface area contributed by atoms with E-state index in [0.717, 1.165) is 19.4 Å². The highest BCUT2D eigenvalue weighted by atomic mass is 35.5. The van der Waals surface area contributed by atoms with Crippen molar-refractivity contribution >= 4 is 28.2 Å². The normalized spacial score (nSPS) is 19.3. The standard InChI is InChI=1S/C11H22N2O3S.ClH/c1-2-17(15,16)9-8-13-11(14)6-5-10-4-3-7-12-10;/h10,12H,2-9H2,1H3,(H,13,14);1H. The van der Waals surface area contributed by atoms with Gasteiger partial charge in [-0.1, -0.05) is 6.92 Å². The maximum atomic E-state index is 11.4. The van der Waals surface area contributed by atoms with E-state index in [9.17, 15) is 13.2 Å². The van der Waals surface area contributed by atoms with E-state index >= 15 is 0 Å². The van der Waals surface area contributed by atoms with Gasteiger partial charge in [0.15, 0.2) is 9.84 Å². The number of hydrogen-bond acceptors (Lipinski definition) is 4. The van der Waals surface area contributed by atoms with Crippen molar-refractivity contribution < 1.29 is 13.2 Å². The SMILES string of the molecule is CCS(=O)(=O)CCNC(=O)CCC1CCCN1.Cl. The lowest BCUT2D eigenvalue weighted by molar-refractivity contribution is -0.121. The van der Waals surface area contributed by atoms with E-state index in [1.165, 1.54) is 6.42 Å². The second-order valence-corrected chi connectivity index (χ2v) is 6.89. The molecule has 0 aromatic heterocycles. The molecule has 2 N–H and O–H groups in total. The highest BCUT2D eigenvalue weighted by Gasteiger charge is 2.15. The monoisotopic (exact) mass is 298 g/mol. The number of amides is 1. The van der Waals surface area contributed by atoms with Gasteiger partial charge < -0.3 is 10.6 Å². The van der Waals surface area contributed by atoms with Crippen LogP contribution in [0.4, 0.5) is 0 Å². The van der Waals surface area contributed by atoms with Gasteiger partial charge >= 0.3 is 0 Å². The first-order valence-corrected chi connectivity index (χ1v) is 8.06. The molecule has 1 heterocycles. The Morgan fingerprint density at radius 2 is 2.17 bits per heavy atom. The molecular formula is C11H23ClN2O3S. The predicted molar refractivity (Wildman–Crippen MR) is 74.8 cm³/mol. The van der Waals surface area contributed by atoms with Crippen molar-refractivity contribution in [1.29, 1.82) is 0 Å². The molecule has 1 unspecified atom stereocenters. The molecule has 0 spiro atoms. The van der Waals surface area contributed by atoms with Crippen LogP contribution < -0.4 is 10.6 Å². The summed E-state index contributed by atoms with van der Waals surface area (Å²) in [6.45, 7) is 2.89. The van der Waals surface area contributed by atoms with E-state index in [1.807, 2.05) is 0 Å². The summed E-state index contributed by atoms with van der Waals surface area (Å²) >= 11 is 0. The summed E-state index contributed by atoms with van der Waals surface area (Å²) in [5, 5.41) is 5.98. The molecule has 1 aliphatic rings. The zero-order valence-electron chi connectivity index (χ0n) is 10.8. The largest absolute Gasteiger partial charge is 0.355 e. The number of rotatable bonds is 7. The van der Waals surface area contributed by atoms with Crippen LogP contribution in [0.25, 0.3) is 0 Å². The lowest BCUT2D eigenvalue weighted by atomic mass is 10.1. The fraction of sp³-hybridized carbons (Fsp3) is 0.909. The zero-order chi connectivity index (χ0) is 12.7. The Morgan fingerprint density at radius 3 is 2.72 bits per heavy atom. The van der Waals surface area contributed by atoms with E-state index < -0.39 is 9.84 Å². The molecule has 1 fully saturated rings. The fourth-order valence-corrected chi connectivity index (χ4v) is 2.59. The fourth-order valence-electron chi connectivity index (χ4n) is 1.89. The van der Waals surface area contributed by atoms with Crippen molar-refractivity contribution in [2.24, 2.45) is 0 Å². The molecule has 1 rings (SSSR count). The van der Waals surface area contributed by atoms with Crippen LogP contribution >= 0.6 is 12.4 Å². The van der Waals surface area contributed by atoms with Crippen LogP contribution in [0.5, 0.6) is 0 Å². The molecule has 1 saturated heterocycles. The summed E-state index contributed by atoms with van der Waals surface area (Å²) in [6.07, 6.45) is 3.63. The van der Waals surface area contributed by atoms with Gasteiger partial charge in [0.1, 0.15) is 0 Å². The van der Waals surface area contributed by atoms with Gasteiger partial charge in [0.05, 0.1) is 5.75 Å². The molecular weight excluding hydrogens is 276 g/mol. The smallest absolute Gasteiger partial charge is 0.220 e. The van der Waals surface area contributed by atoms with Crippen LogP contribution in [0.1, 0.15) is 32.6 Å². The van der Waals surface area contributed by atoms with Crippen LogP contribution in [-0.4, -0.2) is 45.0 Å². The minimum Gasteiger partial charge on any atom is -0.355 e. The summed E-state index contributed by atoms with van der Waals surface area (Å²) in [7, 11) is -2.97. The van der Waals surface area contributed by atoms with Gasteiger partial charge in [0, 0.05) is 24.8 Å². The summed E-state index contributed by atoms with van der Waals surface area (Å²) in [6, 6.07) is 0.458. The molecule has 1 aliphatic heterocycles. The van der Waals surface area contributed by atoms with E-state index in [-0.39, 0.29) is 36.4 Å². The van der Waals surface area contributed by atoms with Gasteiger partial charge in [-0.05, 0) is 25.8 Å². The van der Waals surface area contributed by atoms with Crippen LogP contribution in [0, 0.1) is 0 Å². The average molecular weight is 299 g/mol. The second-order valence-electron chi connectivity index (χ2n) is 4.42. The Kier molecular flexibility index (Phi) is 8.56. The third-order valence-corrected chi connectivity index (χ3v) is 4.76. The number of carbonyl (C=O) groups excluding carboxylic acids is 1. The summed E-state index contributed by atoms with van der Waals surface area (Å²) in [5.41, 5.74) is 0. The zero-order valence-corrected chi connectivity index (χ0v) is 12.4. The molecule has 1 amide bonds. The Hall–Kier alpha value is -0.330. The molecule has 0 saturated carbocycles. The van der Waals surface area contributed by atoms with Crippen LogP contribution in [0.3, 0.4) is 0 Å². The lowest BCUT2D eigenvalue weighted by Crippen LogP contribution is -2.31. The molecule has 0 aliphatic carbocycles. The van der Waals surface area contributed by atoms with E-state index in [0.29, 0.717) is 12.5 Å². The molecule has 0 radical (unpaired) electrons. The number of carbonyl (C=O) groups is 1. The quantitative estimate of drug-likeness (QED) is 0.717. The van der Waals surface area contributed by atoms with Crippen molar-refractivity contribution in [3.63, 3.8) is 0 Å². The van der Waals surface area contributed by atoms with Crippen molar-refractivity contribution in [3.8, 4) is 0 Å². The molecule has 1 atom stereocenters. The highest BCUT2D eigenvalue weighted by Crippen LogP contribution is 2.10. The number of hydrogen-bond donors (Lipinski definition) is 2. The van der Waals surface area contributed by atoms with Gasteiger partial charge in [-0.2, -0.15) is 0 Å². The predicted octanol–water partition coefficient (Wildman–Crippen LogP) is 0.491. The molecule has 0 aromatic carbocycles. The van der Waals surface area contributed by atoms with E-state index in [2.05, 4.69) is 10.6 Å². The first kappa shape index (κ1) is 17.7. The molecule has 5 nitrogen and oxygen atoms in total. The Morgan fingerprint density at radius 1 is 1.44 bits per heavy atom. The Balaban J connectivity index is 0.00000289. The number of halogens is 1. The van der Waals surface area contributed by atoms with Gasteiger partial charge in [-0.3, -0.25) is 4.79 Å². The van der Waals surface area contributed by atoms with Gasteiger partial charge in [-0.15, -0.1) is 12.4 Å². The number of nitrogens with one attached hydrogen (secondary N) is 2. The third kappa shape index (κ3) is 7.18. The average Bonchev–Trinajstić information content (AvgIpc) is 2.79. The van der Waals surface area contributed by atoms with Crippen molar-refractivity contribution in [1.82, 2.24) is 10.6 Å².